The Morgan fingerprint density at radius 3 is 2.66 bits per heavy atom. The zero-order valence-corrected chi connectivity index (χ0v) is 22.0. The first-order chi connectivity index (χ1) is 19.7. The minimum Gasteiger partial charge on any atom is -0.480 e. The van der Waals surface area contributed by atoms with Crippen LogP contribution in [0.4, 0.5) is 13.6 Å². The maximum absolute atomic E-state index is 15.4. The van der Waals surface area contributed by atoms with Crippen molar-refractivity contribution in [2.75, 3.05) is 19.6 Å². The van der Waals surface area contributed by atoms with Crippen molar-refractivity contribution in [1.29, 1.82) is 0 Å². The van der Waals surface area contributed by atoms with E-state index in [2.05, 4.69) is 26.3 Å². The van der Waals surface area contributed by atoms with Gasteiger partial charge in [0.25, 0.3) is 5.91 Å². The number of carbonyl (C=O) groups is 3. The van der Waals surface area contributed by atoms with Gasteiger partial charge in [-0.25, -0.2) is 18.4 Å². The van der Waals surface area contributed by atoms with E-state index in [1.54, 1.807) is 30.3 Å². The topological polar surface area (TPSA) is 163 Å². The highest BCUT2D eigenvalue weighted by Crippen LogP contribution is 2.22. The van der Waals surface area contributed by atoms with Gasteiger partial charge < -0.3 is 35.7 Å². The normalized spacial score (nSPS) is 13.5. The number of alkyl carbamates (subject to hydrolysis) is 1. The highest BCUT2D eigenvalue weighted by molar-refractivity contribution is 5.98. The molecule has 1 aromatic heterocycles. The van der Waals surface area contributed by atoms with Gasteiger partial charge in [0.1, 0.15) is 24.0 Å². The summed E-state index contributed by atoms with van der Waals surface area (Å²) in [5.74, 6) is -4.01. The van der Waals surface area contributed by atoms with Gasteiger partial charge in [-0.05, 0) is 18.1 Å². The lowest BCUT2D eigenvalue weighted by Crippen LogP contribution is -2.49. The van der Waals surface area contributed by atoms with Crippen LogP contribution in [-0.2, 0) is 29.7 Å². The Morgan fingerprint density at radius 2 is 1.98 bits per heavy atom. The van der Waals surface area contributed by atoms with Gasteiger partial charge in [0, 0.05) is 45.0 Å². The fourth-order valence-electron chi connectivity index (χ4n) is 4.17. The number of hydrogen-bond donors (Lipinski definition) is 5. The zero-order chi connectivity index (χ0) is 29.5. The van der Waals surface area contributed by atoms with Crippen molar-refractivity contribution < 1.29 is 33.0 Å². The molecule has 1 unspecified atom stereocenters. The summed E-state index contributed by atoms with van der Waals surface area (Å²) in [4.78, 5) is 53.8. The number of halogens is 2. The van der Waals surface area contributed by atoms with Crippen molar-refractivity contribution in [1.82, 2.24) is 25.8 Å². The van der Waals surface area contributed by atoms with Crippen LogP contribution in [0.2, 0.25) is 0 Å². The van der Waals surface area contributed by atoms with Gasteiger partial charge in [-0.2, -0.15) is 0 Å². The monoisotopic (exact) mass is 570 g/mol. The van der Waals surface area contributed by atoms with Crippen LogP contribution < -0.4 is 26.7 Å². The van der Waals surface area contributed by atoms with E-state index in [9.17, 15) is 28.7 Å². The third-order valence-corrected chi connectivity index (χ3v) is 6.30. The molecule has 1 aliphatic rings. The molecule has 0 bridgehead atoms. The average Bonchev–Trinajstić information content (AvgIpc) is 2.96. The maximum atomic E-state index is 15.4. The minimum atomic E-state index is -1.58. The van der Waals surface area contributed by atoms with Crippen LogP contribution in [0.25, 0.3) is 10.9 Å². The molecule has 0 spiro atoms. The average molecular weight is 571 g/mol. The molecule has 2 heterocycles. The van der Waals surface area contributed by atoms with E-state index >= 15 is 4.39 Å². The lowest BCUT2D eigenvalue weighted by Gasteiger charge is -2.18. The van der Waals surface area contributed by atoms with Crippen molar-refractivity contribution in [3.63, 3.8) is 0 Å². The molecule has 2 amide bonds. The smallest absolute Gasteiger partial charge is 0.408 e. The highest BCUT2D eigenvalue weighted by Gasteiger charge is 2.25. The van der Waals surface area contributed by atoms with E-state index in [-0.39, 0.29) is 29.6 Å². The summed E-state index contributed by atoms with van der Waals surface area (Å²) in [7, 11) is 1.38. The number of benzene rings is 2. The summed E-state index contributed by atoms with van der Waals surface area (Å²) in [5.41, 5.74) is -1.26. The molecule has 0 aliphatic carbocycles. The number of amides is 2. The van der Waals surface area contributed by atoms with Crippen LogP contribution in [-0.4, -0.2) is 59.3 Å². The first-order valence-electron chi connectivity index (χ1n) is 12.7. The molecule has 41 heavy (non-hydrogen) atoms. The summed E-state index contributed by atoms with van der Waals surface area (Å²) >= 11 is 0. The molecule has 0 fully saturated rings. The second kappa shape index (κ2) is 12.9. The molecule has 12 nitrogen and oxygen atoms in total. The van der Waals surface area contributed by atoms with Crippen LogP contribution in [0, 0.1) is 11.6 Å². The molecule has 3 aromatic rings. The standard InChI is InChI=1S/C27H28F2N6O6/c1-35-13-18(24(37)32-12-20(25(38)39)34-27(40)41-14-15-6-3-2-4-7-15)23(36)16-10-19(28)17(21(29)22(16)35)11-33-26-30-8-5-9-31-26/h2-4,6-7,10,13,20H,5,8-9,11-12,14H2,1H3,(H,32,37)(H,34,40)(H,38,39)(H2,30,31,33). The Morgan fingerprint density at radius 1 is 1.22 bits per heavy atom. The minimum absolute atomic E-state index is 0.102. The van der Waals surface area contributed by atoms with Crippen molar-refractivity contribution in [3.8, 4) is 0 Å². The van der Waals surface area contributed by atoms with Crippen LogP contribution in [0.15, 0.2) is 52.4 Å². The number of ether oxygens (including phenoxy) is 1. The van der Waals surface area contributed by atoms with Gasteiger partial charge in [0.15, 0.2) is 11.8 Å². The molecule has 0 radical (unpaired) electrons. The molecule has 0 saturated heterocycles. The Kier molecular flexibility index (Phi) is 9.12. The largest absolute Gasteiger partial charge is 0.480 e. The highest BCUT2D eigenvalue weighted by atomic mass is 19.1. The van der Waals surface area contributed by atoms with E-state index in [0.717, 1.165) is 18.7 Å². The summed E-state index contributed by atoms with van der Waals surface area (Å²) in [5, 5.41) is 19.3. The molecule has 216 valence electrons. The van der Waals surface area contributed by atoms with E-state index < -0.39 is 53.2 Å². The molecular weight excluding hydrogens is 542 g/mol. The van der Waals surface area contributed by atoms with Crippen LogP contribution >= 0.6 is 0 Å². The van der Waals surface area contributed by atoms with Gasteiger partial charge in [0.05, 0.1) is 10.9 Å². The summed E-state index contributed by atoms with van der Waals surface area (Å²) < 4.78 is 36.5. The number of fused-ring (bicyclic) bond motifs is 1. The number of hydrogen-bond acceptors (Lipinski definition) is 8. The number of aliphatic imine (C=N–C) groups is 1. The number of carboxylic acids is 1. The molecule has 1 aliphatic heterocycles. The first-order valence-corrected chi connectivity index (χ1v) is 12.7. The number of aromatic nitrogens is 1. The fourth-order valence-corrected chi connectivity index (χ4v) is 4.17. The Bertz CT molecular complexity index is 1560. The predicted molar refractivity (Wildman–Crippen MR) is 144 cm³/mol. The quantitative estimate of drug-likeness (QED) is 0.258. The van der Waals surface area contributed by atoms with E-state index in [1.807, 2.05) is 0 Å². The molecule has 14 heteroatoms. The summed E-state index contributed by atoms with van der Waals surface area (Å²) in [6.45, 7) is 0.331. The number of nitrogens with zero attached hydrogens (tertiary/aromatic N) is 2. The van der Waals surface area contributed by atoms with Crippen molar-refractivity contribution in [2.24, 2.45) is 12.0 Å². The van der Waals surface area contributed by atoms with Crippen LogP contribution in [0.3, 0.4) is 0 Å². The van der Waals surface area contributed by atoms with Gasteiger partial charge >= 0.3 is 12.1 Å². The number of pyridine rings is 1. The van der Waals surface area contributed by atoms with Gasteiger partial charge in [-0.15, -0.1) is 0 Å². The number of nitrogens with one attached hydrogen (secondary N) is 4. The van der Waals surface area contributed by atoms with Gasteiger partial charge in [-0.1, -0.05) is 30.3 Å². The van der Waals surface area contributed by atoms with Crippen molar-refractivity contribution >= 4 is 34.8 Å². The molecule has 5 N–H and O–H groups in total. The Labute approximate surface area is 232 Å². The number of guanidine groups is 1. The molecule has 1 atom stereocenters. The Hall–Kier alpha value is -5.01. The number of aryl methyl sites for hydroxylation is 1. The maximum Gasteiger partial charge on any atom is 0.408 e. The first kappa shape index (κ1) is 29.0. The van der Waals surface area contributed by atoms with Gasteiger partial charge in [-0.3, -0.25) is 14.6 Å². The van der Waals surface area contributed by atoms with Crippen molar-refractivity contribution in [3.05, 3.63) is 81.1 Å². The third kappa shape index (κ3) is 6.96. The predicted octanol–water partition coefficient (Wildman–Crippen LogP) is 1.37. The number of aliphatic carboxylic acids is 1. The van der Waals surface area contributed by atoms with Gasteiger partial charge in [0.2, 0.25) is 5.43 Å². The van der Waals surface area contributed by atoms with E-state index in [1.165, 1.54) is 11.6 Å². The number of carboxylic acid groups (broad SMARTS) is 1. The molecule has 0 saturated carbocycles. The van der Waals surface area contributed by atoms with Crippen LogP contribution in [0.1, 0.15) is 27.9 Å². The summed E-state index contributed by atoms with van der Waals surface area (Å²) in [6.07, 6.45) is 0.888. The zero-order valence-electron chi connectivity index (χ0n) is 22.0. The SMILES string of the molecule is Cn1cc(C(=O)NCC(NC(=O)OCc2ccccc2)C(=O)O)c(=O)c2cc(F)c(CNC3=NCCCN3)c(F)c21. The van der Waals surface area contributed by atoms with E-state index in [0.29, 0.717) is 24.6 Å². The Balaban J connectivity index is 1.46. The molecule has 4 rings (SSSR count). The third-order valence-electron chi connectivity index (χ3n) is 6.30. The lowest BCUT2D eigenvalue weighted by molar-refractivity contribution is -0.139. The van der Waals surface area contributed by atoms with E-state index in [4.69, 9.17) is 4.74 Å². The lowest BCUT2D eigenvalue weighted by atomic mass is 10.1. The second-order valence-corrected chi connectivity index (χ2v) is 9.20. The molecular formula is C27H28F2N6O6. The second-order valence-electron chi connectivity index (χ2n) is 9.20. The molecule has 2 aromatic carbocycles. The van der Waals surface area contributed by atoms with Crippen molar-refractivity contribution in [2.45, 2.75) is 25.6 Å². The number of carbonyl (C=O) groups excluding carboxylic acids is 2. The number of rotatable bonds is 9. The fraction of sp³-hybridized carbons (Fsp3) is 0.296. The summed E-state index contributed by atoms with van der Waals surface area (Å²) in [6, 6.07) is 7.97. The van der Waals surface area contributed by atoms with Crippen LogP contribution in [0.5, 0.6) is 0 Å².